The number of guanidine groups is 1. The summed E-state index contributed by atoms with van der Waals surface area (Å²) < 4.78 is 12.5. The SMILES string of the molecule is CCNC(=NCC(O)c1cc(OC)ccc1OC)N1CCC(c2cnn(C)c2)C1.I. The summed E-state index contributed by atoms with van der Waals surface area (Å²) in [5, 5.41) is 18.4. The first kappa shape index (κ1) is 24.3. The Morgan fingerprint density at radius 1 is 1.37 bits per heavy atom. The summed E-state index contributed by atoms with van der Waals surface area (Å²) in [5.41, 5.74) is 1.92. The number of hydrogen-bond acceptors (Lipinski definition) is 5. The van der Waals surface area contributed by atoms with Crippen molar-refractivity contribution in [1.29, 1.82) is 0 Å². The summed E-state index contributed by atoms with van der Waals surface area (Å²) in [7, 11) is 5.13. The third-order valence-corrected chi connectivity index (χ3v) is 5.23. The average molecular weight is 529 g/mol. The number of hydrogen-bond donors (Lipinski definition) is 2. The van der Waals surface area contributed by atoms with Gasteiger partial charge >= 0.3 is 0 Å². The minimum absolute atomic E-state index is 0. The minimum Gasteiger partial charge on any atom is -0.497 e. The van der Waals surface area contributed by atoms with E-state index in [1.54, 1.807) is 26.4 Å². The van der Waals surface area contributed by atoms with Crippen LogP contribution in [0.3, 0.4) is 0 Å². The molecule has 2 heterocycles. The summed E-state index contributed by atoms with van der Waals surface area (Å²) in [6.07, 6.45) is 4.29. The highest BCUT2D eigenvalue weighted by molar-refractivity contribution is 14.0. The van der Waals surface area contributed by atoms with E-state index in [0.717, 1.165) is 32.0 Å². The number of nitrogens with zero attached hydrogens (tertiary/aromatic N) is 4. The Labute approximate surface area is 195 Å². The molecule has 0 spiro atoms. The summed E-state index contributed by atoms with van der Waals surface area (Å²) in [6, 6.07) is 5.40. The van der Waals surface area contributed by atoms with E-state index in [9.17, 15) is 5.11 Å². The van der Waals surface area contributed by atoms with Gasteiger partial charge in [-0.25, -0.2) is 0 Å². The van der Waals surface area contributed by atoms with Gasteiger partial charge < -0.3 is 24.8 Å². The number of likely N-dealkylation sites (tertiary alicyclic amines) is 1. The Morgan fingerprint density at radius 3 is 2.80 bits per heavy atom. The lowest BCUT2D eigenvalue weighted by Gasteiger charge is -2.22. The second-order valence-electron chi connectivity index (χ2n) is 7.20. The number of halogens is 1. The fourth-order valence-electron chi connectivity index (χ4n) is 3.67. The standard InChI is InChI=1S/C21H31N5O3.HI/c1-5-22-21(26-9-8-15(14-26)16-11-24-25(2)13-16)23-12-19(27)18-10-17(28-3)6-7-20(18)29-4;/h6-7,10-11,13,15,19,27H,5,8-9,12,14H2,1-4H3,(H,22,23);1H. The van der Waals surface area contributed by atoms with E-state index in [0.29, 0.717) is 23.0 Å². The molecule has 30 heavy (non-hydrogen) atoms. The maximum absolute atomic E-state index is 10.7. The molecule has 1 saturated heterocycles. The molecule has 2 N–H and O–H groups in total. The lowest BCUT2D eigenvalue weighted by Crippen LogP contribution is -2.40. The molecule has 0 saturated carbocycles. The number of aryl methyl sites for hydroxylation is 1. The van der Waals surface area contributed by atoms with Gasteiger partial charge in [-0.05, 0) is 37.1 Å². The van der Waals surface area contributed by atoms with Crippen LogP contribution in [0.5, 0.6) is 11.5 Å². The van der Waals surface area contributed by atoms with Gasteiger partial charge in [-0.3, -0.25) is 9.67 Å². The van der Waals surface area contributed by atoms with E-state index in [2.05, 4.69) is 21.5 Å². The molecular weight excluding hydrogens is 497 g/mol. The monoisotopic (exact) mass is 529 g/mol. The molecule has 8 nitrogen and oxygen atoms in total. The van der Waals surface area contributed by atoms with Crippen LogP contribution in [0.1, 0.15) is 36.5 Å². The van der Waals surface area contributed by atoms with Crippen LogP contribution < -0.4 is 14.8 Å². The summed E-state index contributed by atoms with van der Waals surface area (Å²) in [5.74, 6) is 2.56. The molecule has 0 radical (unpaired) electrons. The van der Waals surface area contributed by atoms with Crippen LogP contribution >= 0.6 is 24.0 Å². The van der Waals surface area contributed by atoms with Crippen molar-refractivity contribution in [2.24, 2.45) is 12.0 Å². The van der Waals surface area contributed by atoms with Crippen LogP contribution in [0.15, 0.2) is 35.6 Å². The van der Waals surface area contributed by atoms with E-state index >= 15 is 0 Å². The molecular formula is C21H32IN5O3. The molecule has 1 aromatic heterocycles. The molecule has 1 aliphatic heterocycles. The van der Waals surface area contributed by atoms with Crippen molar-refractivity contribution in [3.63, 3.8) is 0 Å². The van der Waals surface area contributed by atoms with E-state index in [1.807, 2.05) is 30.9 Å². The zero-order chi connectivity index (χ0) is 20.8. The van der Waals surface area contributed by atoms with Gasteiger partial charge in [-0.15, -0.1) is 24.0 Å². The van der Waals surface area contributed by atoms with Crippen molar-refractivity contribution < 1.29 is 14.6 Å². The normalized spacial score (nSPS) is 17.4. The van der Waals surface area contributed by atoms with Gasteiger partial charge in [0.2, 0.25) is 0 Å². The first-order chi connectivity index (χ1) is 14.0. The molecule has 166 valence electrons. The number of aromatic nitrogens is 2. The molecule has 1 aliphatic rings. The minimum atomic E-state index is -0.787. The first-order valence-corrected chi connectivity index (χ1v) is 9.97. The van der Waals surface area contributed by atoms with Crippen molar-refractivity contribution in [3.8, 4) is 11.5 Å². The number of nitrogens with one attached hydrogen (secondary N) is 1. The van der Waals surface area contributed by atoms with Crippen molar-refractivity contribution in [1.82, 2.24) is 20.0 Å². The van der Waals surface area contributed by atoms with E-state index in [-0.39, 0.29) is 30.5 Å². The number of ether oxygens (including phenoxy) is 2. The van der Waals surface area contributed by atoms with Gasteiger partial charge in [0.1, 0.15) is 17.6 Å². The number of aliphatic hydroxyl groups is 1. The topological polar surface area (TPSA) is 84.1 Å². The smallest absolute Gasteiger partial charge is 0.194 e. The molecule has 0 bridgehead atoms. The lowest BCUT2D eigenvalue weighted by molar-refractivity contribution is 0.181. The summed E-state index contributed by atoms with van der Waals surface area (Å²) in [6.45, 7) is 4.86. The predicted molar refractivity (Wildman–Crippen MR) is 128 cm³/mol. The van der Waals surface area contributed by atoms with Gasteiger partial charge in [-0.2, -0.15) is 5.10 Å². The number of benzene rings is 1. The predicted octanol–water partition coefficient (Wildman–Crippen LogP) is 2.54. The third kappa shape index (κ3) is 5.78. The lowest BCUT2D eigenvalue weighted by atomic mass is 10.0. The van der Waals surface area contributed by atoms with Crippen LogP contribution in [-0.4, -0.2) is 66.1 Å². The Morgan fingerprint density at radius 2 is 2.17 bits per heavy atom. The fourth-order valence-corrected chi connectivity index (χ4v) is 3.67. The largest absolute Gasteiger partial charge is 0.497 e. The molecule has 1 aromatic carbocycles. The second-order valence-corrected chi connectivity index (χ2v) is 7.20. The van der Waals surface area contributed by atoms with Crippen LogP contribution in [0.25, 0.3) is 0 Å². The quantitative estimate of drug-likeness (QED) is 0.326. The maximum atomic E-state index is 10.7. The highest BCUT2D eigenvalue weighted by atomic mass is 127. The number of aliphatic imine (C=N–C) groups is 1. The zero-order valence-electron chi connectivity index (χ0n) is 18.0. The van der Waals surface area contributed by atoms with Crippen LogP contribution in [0.2, 0.25) is 0 Å². The second kappa shape index (κ2) is 11.4. The molecule has 2 atom stereocenters. The molecule has 2 unspecified atom stereocenters. The van der Waals surface area contributed by atoms with Crippen LogP contribution in [0.4, 0.5) is 0 Å². The Hall–Kier alpha value is -2.01. The van der Waals surface area contributed by atoms with Gasteiger partial charge in [0.25, 0.3) is 0 Å². The van der Waals surface area contributed by atoms with Crippen molar-refractivity contribution in [2.75, 3.05) is 40.4 Å². The van der Waals surface area contributed by atoms with Crippen LogP contribution in [0, 0.1) is 0 Å². The fraction of sp³-hybridized carbons (Fsp3) is 0.524. The van der Waals surface area contributed by atoms with Crippen molar-refractivity contribution in [3.05, 3.63) is 41.7 Å². The van der Waals surface area contributed by atoms with E-state index in [4.69, 9.17) is 14.5 Å². The summed E-state index contributed by atoms with van der Waals surface area (Å²) in [4.78, 5) is 6.95. The Kier molecular flexibility index (Phi) is 9.22. The highest BCUT2D eigenvalue weighted by Gasteiger charge is 2.27. The van der Waals surface area contributed by atoms with Gasteiger partial charge in [-0.1, -0.05) is 0 Å². The number of aliphatic hydroxyl groups excluding tert-OH is 1. The summed E-state index contributed by atoms with van der Waals surface area (Å²) >= 11 is 0. The zero-order valence-corrected chi connectivity index (χ0v) is 20.4. The van der Waals surface area contributed by atoms with E-state index in [1.165, 1.54) is 5.56 Å². The van der Waals surface area contributed by atoms with Crippen LogP contribution in [-0.2, 0) is 7.05 Å². The Bertz CT molecular complexity index is 842. The van der Waals surface area contributed by atoms with Gasteiger partial charge in [0, 0.05) is 44.4 Å². The molecule has 0 aliphatic carbocycles. The van der Waals surface area contributed by atoms with Crippen molar-refractivity contribution in [2.45, 2.75) is 25.4 Å². The average Bonchev–Trinajstić information content (AvgIpc) is 3.39. The molecule has 2 aromatic rings. The van der Waals surface area contributed by atoms with Gasteiger partial charge in [0.15, 0.2) is 5.96 Å². The first-order valence-electron chi connectivity index (χ1n) is 9.97. The molecule has 1 fully saturated rings. The maximum Gasteiger partial charge on any atom is 0.194 e. The van der Waals surface area contributed by atoms with Gasteiger partial charge in [0.05, 0.1) is 27.0 Å². The number of methoxy groups -OCH3 is 2. The van der Waals surface area contributed by atoms with Crippen molar-refractivity contribution >= 4 is 29.9 Å². The number of rotatable bonds is 7. The molecule has 0 amide bonds. The highest BCUT2D eigenvalue weighted by Crippen LogP contribution is 2.30. The third-order valence-electron chi connectivity index (χ3n) is 5.23. The molecule has 3 rings (SSSR count). The molecule has 9 heteroatoms. The Balaban J connectivity index is 0.00000320. The van der Waals surface area contributed by atoms with E-state index < -0.39 is 6.10 Å².